The zero-order valence-electron chi connectivity index (χ0n) is 20.8. The van der Waals surface area contributed by atoms with Gasteiger partial charge in [0.1, 0.15) is 6.61 Å². The molecule has 32 heavy (non-hydrogen) atoms. The van der Waals surface area contributed by atoms with E-state index in [9.17, 15) is 9.59 Å². The third-order valence-corrected chi connectivity index (χ3v) is 5.91. The van der Waals surface area contributed by atoms with Gasteiger partial charge in [0.25, 0.3) is 0 Å². The first-order valence-electron chi connectivity index (χ1n) is 13.3. The molecule has 0 aliphatic carbocycles. The number of carbonyl (C=O) groups is 2. The van der Waals surface area contributed by atoms with E-state index < -0.39 is 17.9 Å². The van der Waals surface area contributed by atoms with Crippen molar-refractivity contribution in [3.05, 3.63) is 24.8 Å². The summed E-state index contributed by atoms with van der Waals surface area (Å²) in [5.74, 6) is -1.90. The van der Waals surface area contributed by atoms with E-state index in [1.54, 1.807) is 0 Å². The van der Waals surface area contributed by atoms with Crippen molar-refractivity contribution in [1.29, 1.82) is 0 Å². The minimum atomic E-state index is -0.946. The second-order valence-corrected chi connectivity index (χ2v) is 9.00. The third kappa shape index (κ3) is 21.6. The van der Waals surface area contributed by atoms with E-state index >= 15 is 0 Å². The maximum absolute atomic E-state index is 11.9. The van der Waals surface area contributed by atoms with E-state index in [0.717, 1.165) is 19.3 Å². The third-order valence-electron chi connectivity index (χ3n) is 5.91. The van der Waals surface area contributed by atoms with Crippen LogP contribution in [0, 0.1) is 5.92 Å². The van der Waals surface area contributed by atoms with Crippen LogP contribution in [0.15, 0.2) is 24.8 Å². The molecular weight excluding hydrogens is 400 g/mol. The summed E-state index contributed by atoms with van der Waals surface area (Å²) in [6.07, 6.45) is 28.3. The van der Waals surface area contributed by atoms with Crippen LogP contribution in [0.1, 0.15) is 129 Å². The first kappa shape index (κ1) is 30.4. The van der Waals surface area contributed by atoms with Gasteiger partial charge in [0.2, 0.25) is 0 Å². The summed E-state index contributed by atoms with van der Waals surface area (Å²) >= 11 is 0. The molecule has 0 aliphatic heterocycles. The molecule has 4 nitrogen and oxygen atoms in total. The van der Waals surface area contributed by atoms with Crippen molar-refractivity contribution in [2.75, 3.05) is 6.61 Å². The molecule has 1 N–H and O–H groups in total. The lowest BCUT2D eigenvalue weighted by molar-refractivity contribution is -0.152. The van der Waals surface area contributed by atoms with E-state index in [0.29, 0.717) is 6.42 Å². The number of hydrogen-bond donors (Lipinski definition) is 1. The van der Waals surface area contributed by atoms with Gasteiger partial charge in [-0.3, -0.25) is 9.59 Å². The van der Waals surface area contributed by atoms with Crippen LogP contribution in [0.5, 0.6) is 0 Å². The predicted molar refractivity (Wildman–Crippen MR) is 135 cm³/mol. The molecule has 0 saturated carbocycles. The molecular formula is C28H50O4. The van der Waals surface area contributed by atoms with Gasteiger partial charge in [-0.1, -0.05) is 115 Å². The summed E-state index contributed by atoms with van der Waals surface area (Å²) in [6.45, 7) is 5.92. The van der Waals surface area contributed by atoms with E-state index in [1.165, 1.54) is 96.0 Å². The fourth-order valence-corrected chi connectivity index (χ4v) is 3.94. The molecule has 0 rings (SSSR count). The highest BCUT2D eigenvalue weighted by Crippen LogP contribution is 2.18. The number of carboxylic acid groups (broad SMARTS) is 1. The van der Waals surface area contributed by atoms with Crippen LogP contribution in [-0.4, -0.2) is 23.7 Å². The molecule has 0 aliphatic rings. The molecule has 0 aromatic heterocycles. The number of hydrogen-bond acceptors (Lipinski definition) is 3. The highest BCUT2D eigenvalue weighted by Gasteiger charge is 2.22. The molecule has 1 unspecified atom stereocenters. The van der Waals surface area contributed by atoms with Gasteiger partial charge in [-0.2, -0.15) is 0 Å². The van der Waals surface area contributed by atoms with Crippen molar-refractivity contribution in [1.82, 2.24) is 0 Å². The second-order valence-electron chi connectivity index (χ2n) is 9.00. The fourth-order valence-electron chi connectivity index (χ4n) is 3.94. The van der Waals surface area contributed by atoms with E-state index in [2.05, 4.69) is 25.7 Å². The normalized spacial score (nSPS) is 12.2. The van der Waals surface area contributed by atoms with E-state index in [-0.39, 0.29) is 13.0 Å². The Kier molecular flexibility index (Phi) is 22.9. The maximum Gasteiger partial charge on any atom is 0.309 e. The lowest BCUT2D eigenvalue weighted by atomic mass is 9.97. The SMILES string of the molecule is C=CCOC(=O)C(CCCCCCCCCC/C=C/CCCCCCCCC)CC(=O)O. The number of rotatable bonds is 24. The van der Waals surface area contributed by atoms with Gasteiger partial charge in [-0.25, -0.2) is 0 Å². The molecule has 0 spiro atoms. The molecule has 4 heteroatoms. The van der Waals surface area contributed by atoms with Crippen LogP contribution in [0.4, 0.5) is 0 Å². The standard InChI is InChI=1S/C28H50O4/c1-3-5-6-7-8-9-10-11-12-13-14-15-16-17-18-19-20-21-22-23-26(25-27(29)30)28(31)32-24-4-2/h4,12-13,26H,2-3,5-11,14-25H2,1H3,(H,29,30)/b13-12+. The fraction of sp³-hybridized carbons (Fsp3) is 0.786. The minimum Gasteiger partial charge on any atom is -0.481 e. The summed E-state index contributed by atoms with van der Waals surface area (Å²) in [7, 11) is 0. The number of carboxylic acids is 1. The smallest absolute Gasteiger partial charge is 0.309 e. The summed E-state index contributed by atoms with van der Waals surface area (Å²) in [5.41, 5.74) is 0. The number of ether oxygens (including phenoxy) is 1. The molecule has 0 heterocycles. The molecule has 1 atom stereocenters. The van der Waals surface area contributed by atoms with Gasteiger partial charge in [0.15, 0.2) is 0 Å². The minimum absolute atomic E-state index is 0.143. The van der Waals surface area contributed by atoms with Gasteiger partial charge in [0, 0.05) is 0 Å². The van der Waals surface area contributed by atoms with Gasteiger partial charge in [-0.15, -0.1) is 0 Å². The molecule has 0 radical (unpaired) electrons. The molecule has 0 aromatic carbocycles. The van der Waals surface area contributed by atoms with Crippen LogP contribution in [0.3, 0.4) is 0 Å². The Bertz CT molecular complexity index is 484. The van der Waals surface area contributed by atoms with Gasteiger partial charge in [0.05, 0.1) is 12.3 Å². The Morgan fingerprint density at radius 2 is 1.25 bits per heavy atom. The number of aliphatic carboxylic acids is 1. The highest BCUT2D eigenvalue weighted by atomic mass is 16.5. The van der Waals surface area contributed by atoms with E-state index in [1.807, 2.05) is 0 Å². The summed E-state index contributed by atoms with van der Waals surface area (Å²) in [6, 6.07) is 0. The average molecular weight is 451 g/mol. The molecule has 0 aromatic rings. The molecule has 0 fully saturated rings. The lowest BCUT2D eigenvalue weighted by Crippen LogP contribution is -2.21. The summed E-state index contributed by atoms with van der Waals surface area (Å²) in [4.78, 5) is 22.9. The Balaban J connectivity index is 3.49. The monoisotopic (exact) mass is 450 g/mol. The average Bonchev–Trinajstić information content (AvgIpc) is 2.77. The number of unbranched alkanes of at least 4 members (excludes halogenated alkanes) is 15. The lowest BCUT2D eigenvalue weighted by Gasteiger charge is -2.13. The van der Waals surface area contributed by atoms with Crippen LogP contribution in [0.2, 0.25) is 0 Å². The molecule has 186 valence electrons. The Hall–Kier alpha value is -1.58. The summed E-state index contributed by atoms with van der Waals surface area (Å²) in [5, 5.41) is 8.98. The zero-order chi connectivity index (χ0) is 23.7. The van der Waals surface area contributed by atoms with Crippen molar-refractivity contribution in [3.63, 3.8) is 0 Å². The van der Waals surface area contributed by atoms with Crippen molar-refractivity contribution in [2.45, 2.75) is 129 Å². The Morgan fingerprint density at radius 1 is 0.781 bits per heavy atom. The zero-order valence-corrected chi connectivity index (χ0v) is 20.8. The van der Waals surface area contributed by atoms with Crippen LogP contribution >= 0.6 is 0 Å². The highest BCUT2D eigenvalue weighted by molar-refractivity contribution is 5.79. The van der Waals surface area contributed by atoms with Gasteiger partial charge in [-0.05, 0) is 32.1 Å². The van der Waals surface area contributed by atoms with Crippen molar-refractivity contribution in [3.8, 4) is 0 Å². The molecule has 0 saturated heterocycles. The number of allylic oxidation sites excluding steroid dienone is 2. The Morgan fingerprint density at radius 3 is 1.72 bits per heavy atom. The van der Waals surface area contributed by atoms with Crippen molar-refractivity contribution in [2.24, 2.45) is 5.92 Å². The predicted octanol–water partition coefficient (Wildman–Crippen LogP) is 8.40. The van der Waals surface area contributed by atoms with Crippen LogP contribution < -0.4 is 0 Å². The van der Waals surface area contributed by atoms with Crippen LogP contribution in [0.25, 0.3) is 0 Å². The molecule has 0 bridgehead atoms. The first-order valence-corrected chi connectivity index (χ1v) is 13.3. The number of esters is 1. The largest absolute Gasteiger partial charge is 0.481 e. The first-order chi connectivity index (χ1) is 15.6. The maximum atomic E-state index is 11.9. The van der Waals surface area contributed by atoms with Gasteiger partial charge >= 0.3 is 11.9 Å². The topological polar surface area (TPSA) is 63.6 Å². The van der Waals surface area contributed by atoms with Gasteiger partial charge < -0.3 is 9.84 Å². The Labute approximate surface area is 197 Å². The quantitative estimate of drug-likeness (QED) is 0.0910. The van der Waals surface area contributed by atoms with Crippen LogP contribution in [-0.2, 0) is 14.3 Å². The van der Waals surface area contributed by atoms with Crippen molar-refractivity contribution < 1.29 is 19.4 Å². The van der Waals surface area contributed by atoms with Crippen molar-refractivity contribution >= 4 is 11.9 Å². The second kappa shape index (κ2) is 24.1. The summed E-state index contributed by atoms with van der Waals surface area (Å²) < 4.78 is 5.02. The molecule has 0 amide bonds. The number of carbonyl (C=O) groups excluding carboxylic acids is 1. The van der Waals surface area contributed by atoms with E-state index in [4.69, 9.17) is 9.84 Å².